The van der Waals surface area contributed by atoms with Crippen molar-refractivity contribution in [1.29, 1.82) is 0 Å². The van der Waals surface area contributed by atoms with Gasteiger partial charge >= 0.3 is 0 Å². The Morgan fingerprint density at radius 1 is 1.50 bits per heavy atom. The van der Waals surface area contributed by atoms with Crippen molar-refractivity contribution in [3.8, 4) is 0 Å². The molecule has 1 aliphatic heterocycles. The highest BCUT2D eigenvalue weighted by atomic mass is 14.9. The van der Waals surface area contributed by atoms with E-state index in [0.717, 1.165) is 12.2 Å². The van der Waals surface area contributed by atoms with E-state index in [0.29, 0.717) is 0 Å². The Morgan fingerprint density at radius 3 is 3.40 bits per heavy atom. The van der Waals surface area contributed by atoms with Crippen LogP contribution in [0.15, 0.2) is 24.3 Å². The molecule has 1 radical (unpaired) electrons. The van der Waals surface area contributed by atoms with Gasteiger partial charge in [0.15, 0.2) is 0 Å². The number of benzene rings is 1. The van der Waals surface area contributed by atoms with E-state index >= 15 is 0 Å². The average molecular weight is 130 g/mol. The molecule has 1 heterocycles. The minimum absolute atomic E-state index is 0.924. The lowest BCUT2D eigenvalue weighted by Crippen LogP contribution is -2.03. The molecule has 0 saturated carbocycles. The molecule has 0 unspecified atom stereocenters. The normalized spacial score (nSPS) is 14.0. The number of fused-ring (bicyclic) bond motifs is 1. The van der Waals surface area contributed by atoms with Crippen molar-refractivity contribution in [3.63, 3.8) is 0 Å². The fourth-order valence-corrected chi connectivity index (χ4v) is 1.09. The summed E-state index contributed by atoms with van der Waals surface area (Å²) in [5.41, 5.74) is 2.35. The Kier molecular flexibility index (Phi) is 1.21. The van der Waals surface area contributed by atoms with Crippen LogP contribution in [0.1, 0.15) is 5.56 Å². The number of hydrogen-bond acceptors (Lipinski definition) is 1. The predicted molar refractivity (Wildman–Crippen MR) is 42.8 cm³/mol. The van der Waals surface area contributed by atoms with Crippen molar-refractivity contribution < 1.29 is 0 Å². The molecule has 1 N–H and O–H groups in total. The Bertz CT molecular complexity index is 263. The van der Waals surface area contributed by atoms with Crippen LogP contribution < -0.4 is 5.32 Å². The third-order valence-electron chi connectivity index (χ3n) is 1.58. The number of para-hydroxylation sites is 1. The van der Waals surface area contributed by atoms with Crippen LogP contribution in [0.3, 0.4) is 0 Å². The summed E-state index contributed by atoms with van der Waals surface area (Å²) in [6.45, 7) is 0.924. The second kappa shape index (κ2) is 2.18. The molecule has 1 aliphatic rings. The zero-order valence-electron chi connectivity index (χ0n) is 5.59. The molecule has 0 aliphatic carbocycles. The molecular weight excluding hydrogens is 122 g/mol. The van der Waals surface area contributed by atoms with Gasteiger partial charge in [-0.05, 0) is 5.56 Å². The lowest BCUT2D eigenvalue weighted by atomic mass is 10.1. The summed E-state index contributed by atoms with van der Waals surface area (Å²) in [6, 6.07) is 9.12. The van der Waals surface area contributed by atoms with Gasteiger partial charge in [-0.25, -0.2) is 0 Å². The van der Waals surface area contributed by atoms with Crippen LogP contribution in [0, 0.1) is 6.07 Å². The first-order chi connectivity index (χ1) is 4.97. The van der Waals surface area contributed by atoms with Crippen molar-refractivity contribution in [2.24, 2.45) is 0 Å². The fraction of sp³-hybridized carbons (Fsp3) is 0.111. The maximum Gasteiger partial charge on any atom is 0.0496 e. The van der Waals surface area contributed by atoms with E-state index in [4.69, 9.17) is 0 Å². The minimum atomic E-state index is 0.924. The van der Waals surface area contributed by atoms with Gasteiger partial charge < -0.3 is 5.32 Å². The SMILES string of the molecule is [c]1cccc2c1NCC=C2. The van der Waals surface area contributed by atoms with Gasteiger partial charge in [-0.3, -0.25) is 0 Å². The molecule has 49 valence electrons. The first-order valence-corrected chi connectivity index (χ1v) is 3.38. The van der Waals surface area contributed by atoms with Crippen LogP contribution in [0.2, 0.25) is 0 Å². The van der Waals surface area contributed by atoms with Crippen molar-refractivity contribution in [1.82, 2.24) is 0 Å². The van der Waals surface area contributed by atoms with Crippen LogP contribution in [-0.4, -0.2) is 6.54 Å². The number of anilines is 1. The van der Waals surface area contributed by atoms with Gasteiger partial charge in [0.25, 0.3) is 0 Å². The summed E-state index contributed by atoms with van der Waals surface area (Å²) in [7, 11) is 0. The number of rotatable bonds is 0. The Labute approximate surface area is 60.4 Å². The van der Waals surface area contributed by atoms with E-state index in [9.17, 15) is 0 Å². The third-order valence-corrected chi connectivity index (χ3v) is 1.58. The van der Waals surface area contributed by atoms with Crippen molar-refractivity contribution in [2.45, 2.75) is 0 Å². The smallest absolute Gasteiger partial charge is 0.0496 e. The first kappa shape index (κ1) is 5.54. The lowest BCUT2D eigenvalue weighted by Gasteiger charge is -2.10. The maximum absolute atomic E-state index is 3.22. The Hall–Kier alpha value is -1.24. The van der Waals surface area contributed by atoms with Crippen LogP contribution in [0.25, 0.3) is 6.08 Å². The van der Waals surface area contributed by atoms with E-state index in [1.807, 2.05) is 12.1 Å². The highest BCUT2D eigenvalue weighted by Gasteiger charge is 1.99. The molecule has 0 amide bonds. The highest BCUT2D eigenvalue weighted by molar-refractivity contribution is 5.68. The highest BCUT2D eigenvalue weighted by Crippen LogP contribution is 2.18. The summed E-state index contributed by atoms with van der Waals surface area (Å²) in [6.07, 6.45) is 4.22. The topological polar surface area (TPSA) is 12.0 Å². The van der Waals surface area contributed by atoms with E-state index in [2.05, 4.69) is 29.6 Å². The predicted octanol–water partition coefficient (Wildman–Crippen LogP) is 1.93. The van der Waals surface area contributed by atoms with Crippen molar-refractivity contribution in [2.75, 3.05) is 11.9 Å². The van der Waals surface area contributed by atoms with E-state index in [1.54, 1.807) is 0 Å². The molecular formula is C9H8N. The van der Waals surface area contributed by atoms with Gasteiger partial charge in [0.1, 0.15) is 0 Å². The first-order valence-electron chi connectivity index (χ1n) is 3.38. The van der Waals surface area contributed by atoms with Crippen molar-refractivity contribution >= 4 is 11.8 Å². The largest absolute Gasteiger partial charge is 0.381 e. The second-order valence-corrected chi connectivity index (χ2v) is 2.28. The van der Waals surface area contributed by atoms with Crippen LogP contribution >= 0.6 is 0 Å². The molecule has 0 bridgehead atoms. The second-order valence-electron chi connectivity index (χ2n) is 2.28. The minimum Gasteiger partial charge on any atom is -0.381 e. The van der Waals surface area contributed by atoms with Crippen molar-refractivity contribution in [3.05, 3.63) is 35.9 Å². The van der Waals surface area contributed by atoms with Gasteiger partial charge in [0.2, 0.25) is 0 Å². The maximum atomic E-state index is 3.22. The van der Waals surface area contributed by atoms with Crippen LogP contribution in [0.5, 0.6) is 0 Å². The quantitative estimate of drug-likeness (QED) is 0.565. The number of hydrogen-bond donors (Lipinski definition) is 1. The molecule has 0 aromatic heterocycles. The summed E-state index contributed by atoms with van der Waals surface area (Å²) >= 11 is 0. The Balaban J connectivity index is 2.54. The van der Waals surface area contributed by atoms with Gasteiger partial charge in [0.05, 0.1) is 0 Å². The molecule has 1 aromatic carbocycles. The van der Waals surface area contributed by atoms with E-state index in [-0.39, 0.29) is 0 Å². The molecule has 0 fully saturated rings. The van der Waals surface area contributed by atoms with E-state index < -0.39 is 0 Å². The zero-order valence-corrected chi connectivity index (χ0v) is 5.59. The third kappa shape index (κ3) is 0.798. The van der Waals surface area contributed by atoms with Gasteiger partial charge in [-0.15, -0.1) is 0 Å². The molecule has 1 aromatic rings. The molecule has 2 rings (SSSR count). The molecule has 0 spiro atoms. The molecule has 10 heavy (non-hydrogen) atoms. The molecule has 0 saturated heterocycles. The van der Waals surface area contributed by atoms with Gasteiger partial charge in [0, 0.05) is 18.3 Å². The van der Waals surface area contributed by atoms with E-state index in [1.165, 1.54) is 5.56 Å². The lowest BCUT2D eigenvalue weighted by molar-refractivity contribution is 1.31. The standard InChI is InChI=1S/C9H8N/c1-2-6-9-8(4-1)5-3-7-10-9/h1-5,10H,7H2. The monoisotopic (exact) mass is 130 g/mol. The zero-order chi connectivity index (χ0) is 6.81. The Morgan fingerprint density at radius 2 is 2.50 bits per heavy atom. The summed E-state index contributed by atoms with van der Waals surface area (Å²) < 4.78 is 0. The van der Waals surface area contributed by atoms with Crippen LogP contribution in [0.4, 0.5) is 5.69 Å². The van der Waals surface area contributed by atoms with Crippen LogP contribution in [-0.2, 0) is 0 Å². The summed E-state index contributed by atoms with van der Waals surface area (Å²) in [4.78, 5) is 0. The molecule has 0 atom stereocenters. The average Bonchev–Trinajstić information content (AvgIpc) is 2.05. The number of nitrogens with one attached hydrogen (secondary N) is 1. The molecule has 1 nitrogen and oxygen atoms in total. The summed E-state index contributed by atoms with van der Waals surface area (Å²) in [5.74, 6) is 0. The fourth-order valence-electron chi connectivity index (χ4n) is 1.09. The molecule has 1 heteroatoms. The van der Waals surface area contributed by atoms with Gasteiger partial charge in [-0.1, -0.05) is 30.4 Å². The van der Waals surface area contributed by atoms with Gasteiger partial charge in [-0.2, -0.15) is 0 Å². The summed E-state index contributed by atoms with van der Waals surface area (Å²) in [5, 5.41) is 3.22.